The zero-order valence-electron chi connectivity index (χ0n) is 12.2. The third-order valence-corrected chi connectivity index (χ3v) is 3.95. The summed E-state index contributed by atoms with van der Waals surface area (Å²) in [5.74, 6) is 0. The highest BCUT2D eigenvalue weighted by Crippen LogP contribution is 2.33. The smallest absolute Gasteiger partial charge is 0.0940 e. The second kappa shape index (κ2) is 5.85. The van der Waals surface area contributed by atoms with E-state index in [1.54, 1.807) is 0 Å². The van der Waals surface area contributed by atoms with Gasteiger partial charge in [0.2, 0.25) is 0 Å². The average Bonchev–Trinajstić information content (AvgIpc) is 2.71. The van der Waals surface area contributed by atoms with Crippen LogP contribution in [0.3, 0.4) is 0 Å². The maximum absolute atomic E-state index is 4.82. The van der Waals surface area contributed by atoms with Crippen LogP contribution in [0.1, 0.15) is 31.5 Å². The Bertz CT molecular complexity index is 523. The Morgan fingerprint density at radius 3 is 2.42 bits per heavy atom. The maximum atomic E-state index is 4.82. The van der Waals surface area contributed by atoms with Gasteiger partial charge in [0.1, 0.15) is 0 Å². The molecule has 0 aliphatic heterocycles. The Morgan fingerprint density at radius 1 is 1.16 bits per heavy atom. The monoisotopic (exact) mass is 274 g/mol. The zero-order chi connectivity index (χ0) is 13.9. The molecule has 2 aromatic rings. The first kappa shape index (κ1) is 14.2. The molecule has 1 N–H and O–H groups in total. The van der Waals surface area contributed by atoms with Gasteiger partial charge in [-0.2, -0.15) is 0 Å². The van der Waals surface area contributed by atoms with Crippen molar-refractivity contribution in [2.75, 3.05) is 7.05 Å². The van der Waals surface area contributed by atoms with Crippen LogP contribution in [0.15, 0.2) is 30.3 Å². The SMILES string of the molecule is CNCc1nc(CC(C)(C)C)sc1-c1ccccc1. The summed E-state index contributed by atoms with van der Waals surface area (Å²) in [7, 11) is 1.97. The van der Waals surface area contributed by atoms with E-state index in [0.717, 1.165) is 18.7 Å². The average molecular weight is 274 g/mol. The number of thiazole rings is 1. The summed E-state index contributed by atoms with van der Waals surface area (Å²) < 4.78 is 0. The van der Waals surface area contributed by atoms with Crippen LogP contribution in [-0.4, -0.2) is 12.0 Å². The van der Waals surface area contributed by atoms with Crippen molar-refractivity contribution in [3.05, 3.63) is 41.0 Å². The highest BCUT2D eigenvalue weighted by molar-refractivity contribution is 7.15. The molecule has 0 aliphatic carbocycles. The minimum Gasteiger partial charge on any atom is -0.314 e. The van der Waals surface area contributed by atoms with E-state index in [-0.39, 0.29) is 5.41 Å². The number of nitrogens with one attached hydrogen (secondary N) is 1. The van der Waals surface area contributed by atoms with Crippen molar-refractivity contribution in [3.63, 3.8) is 0 Å². The highest BCUT2D eigenvalue weighted by atomic mass is 32.1. The molecular formula is C16H22N2S. The van der Waals surface area contributed by atoms with Gasteiger partial charge >= 0.3 is 0 Å². The van der Waals surface area contributed by atoms with Gasteiger partial charge in [0.05, 0.1) is 15.6 Å². The lowest BCUT2D eigenvalue weighted by Gasteiger charge is -2.15. The minimum atomic E-state index is 0.280. The van der Waals surface area contributed by atoms with Crippen LogP contribution in [0, 0.1) is 5.41 Å². The number of rotatable bonds is 4. The Labute approximate surface area is 119 Å². The van der Waals surface area contributed by atoms with E-state index in [0.29, 0.717) is 0 Å². The molecule has 0 atom stereocenters. The Morgan fingerprint density at radius 2 is 1.84 bits per heavy atom. The van der Waals surface area contributed by atoms with Crippen LogP contribution in [0.5, 0.6) is 0 Å². The molecule has 0 unspecified atom stereocenters. The van der Waals surface area contributed by atoms with E-state index < -0.39 is 0 Å². The summed E-state index contributed by atoms with van der Waals surface area (Å²) in [6, 6.07) is 10.5. The molecular weight excluding hydrogens is 252 g/mol. The number of nitrogens with zero attached hydrogens (tertiary/aromatic N) is 1. The normalized spacial score (nSPS) is 11.8. The van der Waals surface area contributed by atoms with E-state index in [2.05, 4.69) is 56.4 Å². The second-order valence-electron chi connectivity index (χ2n) is 6.02. The van der Waals surface area contributed by atoms with Crippen molar-refractivity contribution in [2.24, 2.45) is 5.41 Å². The van der Waals surface area contributed by atoms with Gasteiger partial charge in [-0.3, -0.25) is 0 Å². The van der Waals surface area contributed by atoms with E-state index >= 15 is 0 Å². The molecule has 3 heteroatoms. The van der Waals surface area contributed by atoms with Crippen molar-refractivity contribution in [1.29, 1.82) is 0 Å². The number of benzene rings is 1. The summed E-state index contributed by atoms with van der Waals surface area (Å²) in [5, 5.41) is 4.45. The van der Waals surface area contributed by atoms with E-state index in [4.69, 9.17) is 4.98 Å². The number of hydrogen-bond acceptors (Lipinski definition) is 3. The van der Waals surface area contributed by atoms with Crippen molar-refractivity contribution >= 4 is 11.3 Å². The second-order valence-corrected chi connectivity index (χ2v) is 7.10. The van der Waals surface area contributed by atoms with E-state index in [9.17, 15) is 0 Å². The third-order valence-electron chi connectivity index (χ3n) is 2.80. The lowest BCUT2D eigenvalue weighted by atomic mass is 9.93. The molecule has 1 heterocycles. The standard InChI is InChI=1S/C16H22N2S/c1-16(2,3)10-14-18-13(11-17-4)15(19-14)12-8-6-5-7-9-12/h5-9,17H,10-11H2,1-4H3. The number of aromatic nitrogens is 1. The minimum absolute atomic E-state index is 0.280. The fourth-order valence-corrected chi connectivity index (χ4v) is 3.42. The van der Waals surface area contributed by atoms with Gasteiger partial charge in [-0.25, -0.2) is 4.98 Å². The number of hydrogen-bond donors (Lipinski definition) is 1. The molecule has 0 radical (unpaired) electrons. The predicted octanol–water partition coefficient (Wildman–Crippen LogP) is 4.12. The molecule has 102 valence electrons. The van der Waals surface area contributed by atoms with Gasteiger partial charge in [0.25, 0.3) is 0 Å². The fourth-order valence-electron chi connectivity index (χ4n) is 2.03. The first-order chi connectivity index (χ1) is 8.99. The first-order valence-corrected chi connectivity index (χ1v) is 7.50. The van der Waals surface area contributed by atoms with Crippen molar-refractivity contribution in [1.82, 2.24) is 10.3 Å². The van der Waals surface area contributed by atoms with Crippen molar-refractivity contribution < 1.29 is 0 Å². The Balaban J connectivity index is 2.36. The first-order valence-electron chi connectivity index (χ1n) is 6.68. The Hall–Kier alpha value is -1.19. The van der Waals surface area contributed by atoms with Crippen molar-refractivity contribution in [3.8, 4) is 10.4 Å². The summed E-state index contributed by atoms with van der Waals surface area (Å²) in [6.45, 7) is 7.60. The Kier molecular flexibility index (Phi) is 4.38. The van der Waals surface area contributed by atoms with E-state index in [1.807, 2.05) is 18.4 Å². The van der Waals surface area contributed by atoms with E-state index in [1.165, 1.54) is 15.4 Å². The third kappa shape index (κ3) is 3.88. The molecule has 19 heavy (non-hydrogen) atoms. The van der Waals surface area contributed by atoms with Gasteiger partial charge in [-0.05, 0) is 18.0 Å². The predicted molar refractivity (Wildman–Crippen MR) is 83.5 cm³/mol. The lowest BCUT2D eigenvalue weighted by molar-refractivity contribution is 0.410. The molecule has 0 saturated carbocycles. The molecule has 1 aromatic carbocycles. The molecule has 0 bridgehead atoms. The fraction of sp³-hybridized carbons (Fsp3) is 0.438. The maximum Gasteiger partial charge on any atom is 0.0940 e. The van der Waals surface area contributed by atoms with Gasteiger partial charge in [0.15, 0.2) is 0 Å². The van der Waals surface area contributed by atoms with Crippen LogP contribution in [0.4, 0.5) is 0 Å². The van der Waals surface area contributed by atoms with Crippen LogP contribution in [0.2, 0.25) is 0 Å². The molecule has 1 aromatic heterocycles. The quantitative estimate of drug-likeness (QED) is 0.907. The molecule has 2 nitrogen and oxygen atoms in total. The summed E-state index contributed by atoms with van der Waals surface area (Å²) in [4.78, 5) is 6.12. The molecule has 0 aliphatic rings. The van der Waals surface area contributed by atoms with Crippen LogP contribution in [-0.2, 0) is 13.0 Å². The molecule has 0 amide bonds. The molecule has 0 saturated heterocycles. The summed E-state index contributed by atoms with van der Waals surface area (Å²) in [6.07, 6.45) is 1.03. The van der Waals surface area contributed by atoms with Gasteiger partial charge in [-0.15, -0.1) is 11.3 Å². The highest BCUT2D eigenvalue weighted by Gasteiger charge is 2.17. The van der Waals surface area contributed by atoms with Crippen LogP contribution >= 0.6 is 11.3 Å². The van der Waals surface area contributed by atoms with Crippen molar-refractivity contribution in [2.45, 2.75) is 33.7 Å². The van der Waals surface area contributed by atoms with Gasteiger partial charge < -0.3 is 5.32 Å². The molecule has 0 spiro atoms. The van der Waals surface area contributed by atoms with Crippen LogP contribution in [0.25, 0.3) is 10.4 Å². The van der Waals surface area contributed by atoms with Crippen LogP contribution < -0.4 is 5.32 Å². The van der Waals surface area contributed by atoms with Gasteiger partial charge in [-0.1, -0.05) is 51.1 Å². The molecule has 2 rings (SSSR count). The van der Waals surface area contributed by atoms with Gasteiger partial charge in [0, 0.05) is 13.0 Å². The zero-order valence-corrected chi connectivity index (χ0v) is 13.0. The summed E-state index contributed by atoms with van der Waals surface area (Å²) in [5.41, 5.74) is 2.71. The lowest BCUT2D eigenvalue weighted by Crippen LogP contribution is -2.10. The molecule has 0 fully saturated rings. The largest absolute Gasteiger partial charge is 0.314 e. The topological polar surface area (TPSA) is 24.9 Å². The summed E-state index contributed by atoms with van der Waals surface area (Å²) >= 11 is 1.83.